The Bertz CT molecular complexity index is 1400. The predicted molar refractivity (Wildman–Crippen MR) is 133 cm³/mol. The molecule has 2 aliphatic heterocycles. The summed E-state index contributed by atoms with van der Waals surface area (Å²) in [6.07, 6.45) is 0.322. The normalized spacial score (nSPS) is 19.0. The summed E-state index contributed by atoms with van der Waals surface area (Å²) in [5, 5.41) is 10.6. The Morgan fingerprint density at radius 2 is 1.73 bits per heavy atom. The summed E-state index contributed by atoms with van der Waals surface area (Å²) in [5.74, 6) is 1.45. The van der Waals surface area contributed by atoms with Crippen LogP contribution in [0.4, 0.5) is 0 Å². The van der Waals surface area contributed by atoms with Crippen LogP contribution >= 0.6 is 23.2 Å². The van der Waals surface area contributed by atoms with Gasteiger partial charge in [-0.25, -0.2) is 5.01 Å². The third-order valence-electron chi connectivity index (χ3n) is 6.29. The van der Waals surface area contributed by atoms with E-state index in [0.717, 1.165) is 34.6 Å². The van der Waals surface area contributed by atoms with Gasteiger partial charge in [-0.15, -0.1) is 0 Å². The summed E-state index contributed by atoms with van der Waals surface area (Å²) < 4.78 is 11.8. The standard InChI is InChI=1S/C27H20Cl2N2O2/c1-32-21-10-8-17(9-11-21)27-31-25(22-13-20(28)14-23(29)26(22)33-27)15-24(30-31)19-7-6-16-4-2-3-5-18(16)12-19/h2-14,25,27H,15H2,1H3/t25-,27-/m1/s1. The Morgan fingerprint density at radius 1 is 0.939 bits per heavy atom. The highest BCUT2D eigenvalue weighted by atomic mass is 35.5. The van der Waals surface area contributed by atoms with Crippen LogP contribution in [0.1, 0.15) is 35.4 Å². The zero-order chi connectivity index (χ0) is 22.5. The summed E-state index contributed by atoms with van der Waals surface area (Å²) in [4.78, 5) is 0. The first-order valence-corrected chi connectivity index (χ1v) is 11.5. The van der Waals surface area contributed by atoms with Crippen LogP contribution < -0.4 is 9.47 Å². The summed E-state index contributed by atoms with van der Waals surface area (Å²) in [7, 11) is 1.66. The summed E-state index contributed by atoms with van der Waals surface area (Å²) in [6, 6.07) is 26.3. The van der Waals surface area contributed by atoms with Crippen LogP contribution in [0.15, 0.2) is 84.0 Å². The zero-order valence-corrected chi connectivity index (χ0v) is 19.3. The van der Waals surface area contributed by atoms with Crippen LogP contribution in [-0.2, 0) is 0 Å². The van der Waals surface area contributed by atoms with Crippen LogP contribution in [0, 0.1) is 0 Å². The van der Waals surface area contributed by atoms with Gasteiger partial charge in [-0.2, -0.15) is 5.10 Å². The minimum absolute atomic E-state index is 0.0291. The van der Waals surface area contributed by atoms with E-state index in [9.17, 15) is 0 Å². The maximum Gasteiger partial charge on any atom is 0.213 e. The molecule has 0 saturated heterocycles. The largest absolute Gasteiger partial charge is 0.497 e. The predicted octanol–water partition coefficient (Wildman–Crippen LogP) is 7.40. The molecule has 0 aromatic heterocycles. The van der Waals surface area contributed by atoms with Crippen LogP contribution in [0.5, 0.6) is 11.5 Å². The van der Waals surface area contributed by atoms with Crippen LogP contribution in [0.2, 0.25) is 10.0 Å². The highest BCUT2D eigenvalue weighted by Gasteiger charge is 2.42. The molecule has 0 unspecified atom stereocenters. The van der Waals surface area contributed by atoms with Crippen molar-refractivity contribution in [1.29, 1.82) is 0 Å². The van der Waals surface area contributed by atoms with Gasteiger partial charge in [-0.3, -0.25) is 0 Å². The van der Waals surface area contributed by atoms with Gasteiger partial charge >= 0.3 is 0 Å². The molecule has 0 saturated carbocycles. The first kappa shape index (κ1) is 20.4. The molecule has 6 heteroatoms. The molecule has 2 atom stereocenters. The topological polar surface area (TPSA) is 34.1 Å². The average Bonchev–Trinajstić information content (AvgIpc) is 3.29. The van der Waals surface area contributed by atoms with Crippen molar-refractivity contribution in [3.05, 3.63) is 106 Å². The second-order valence-corrected chi connectivity index (χ2v) is 9.10. The van der Waals surface area contributed by atoms with Gasteiger partial charge in [0.2, 0.25) is 6.23 Å². The maximum absolute atomic E-state index is 6.57. The van der Waals surface area contributed by atoms with E-state index in [2.05, 4.69) is 42.5 Å². The highest BCUT2D eigenvalue weighted by Crippen LogP contribution is 2.51. The molecule has 0 radical (unpaired) electrons. The fraction of sp³-hybridized carbons (Fsp3) is 0.148. The fourth-order valence-electron chi connectivity index (χ4n) is 4.65. The van der Waals surface area contributed by atoms with Gasteiger partial charge in [0.05, 0.1) is 23.9 Å². The van der Waals surface area contributed by atoms with Crippen molar-refractivity contribution < 1.29 is 9.47 Å². The number of fused-ring (bicyclic) bond motifs is 4. The molecule has 4 nitrogen and oxygen atoms in total. The Morgan fingerprint density at radius 3 is 2.52 bits per heavy atom. The molecule has 0 N–H and O–H groups in total. The third kappa shape index (κ3) is 3.50. The number of ether oxygens (including phenoxy) is 2. The van der Waals surface area contributed by atoms with E-state index >= 15 is 0 Å². The molecule has 0 aliphatic carbocycles. The fourth-order valence-corrected chi connectivity index (χ4v) is 5.20. The number of benzene rings is 4. The van der Waals surface area contributed by atoms with Crippen LogP contribution in [0.25, 0.3) is 10.8 Å². The number of rotatable bonds is 3. The molecule has 164 valence electrons. The number of methoxy groups -OCH3 is 1. The van der Waals surface area contributed by atoms with Crippen molar-refractivity contribution in [2.45, 2.75) is 18.7 Å². The Kier molecular flexibility index (Phi) is 4.93. The van der Waals surface area contributed by atoms with E-state index in [1.165, 1.54) is 10.8 Å². The molecule has 4 aromatic carbocycles. The smallest absolute Gasteiger partial charge is 0.213 e. The summed E-state index contributed by atoms with van der Waals surface area (Å²) >= 11 is 12.9. The molecule has 0 bridgehead atoms. The van der Waals surface area contributed by atoms with Gasteiger partial charge in [0.25, 0.3) is 0 Å². The Hall–Kier alpha value is -3.21. The van der Waals surface area contributed by atoms with Gasteiger partial charge in [-0.05, 0) is 58.8 Å². The lowest BCUT2D eigenvalue weighted by atomic mass is 9.95. The van der Waals surface area contributed by atoms with Gasteiger partial charge in [0, 0.05) is 22.6 Å². The van der Waals surface area contributed by atoms with E-state index in [0.29, 0.717) is 15.8 Å². The van der Waals surface area contributed by atoms with Gasteiger partial charge in [-0.1, -0.05) is 59.6 Å². The molecular weight excluding hydrogens is 455 g/mol. The molecule has 0 amide bonds. The zero-order valence-electron chi connectivity index (χ0n) is 17.8. The van der Waals surface area contributed by atoms with Crippen LogP contribution in [-0.4, -0.2) is 17.8 Å². The monoisotopic (exact) mass is 474 g/mol. The lowest BCUT2D eigenvalue weighted by molar-refractivity contribution is -0.0189. The van der Waals surface area contributed by atoms with Gasteiger partial charge in [0.15, 0.2) is 0 Å². The van der Waals surface area contributed by atoms with Crippen LogP contribution in [0.3, 0.4) is 0 Å². The van der Waals surface area contributed by atoms with E-state index in [4.69, 9.17) is 37.8 Å². The van der Waals surface area contributed by atoms with E-state index < -0.39 is 6.23 Å². The maximum atomic E-state index is 6.57. The van der Waals surface area contributed by atoms with Crippen molar-refractivity contribution in [2.24, 2.45) is 5.10 Å². The van der Waals surface area contributed by atoms with Gasteiger partial charge < -0.3 is 9.47 Å². The average molecular weight is 475 g/mol. The minimum atomic E-state index is -0.412. The lowest BCUT2D eigenvalue weighted by Gasteiger charge is -2.38. The second-order valence-electron chi connectivity index (χ2n) is 8.26. The number of hydrogen-bond donors (Lipinski definition) is 0. The second kappa shape index (κ2) is 7.98. The summed E-state index contributed by atoms with van der Waals surface area (Å²) in [6.45, 7) is 0. The number of halogens is 2. The van der Waals surface area contributed by atoms with E-state index in [-0.39, 0.29) is 6.04 Å². The Labute approximate surface area is 201 Å². The number of hydrogen-bond acceptors (Lipinski definition) is 4. The van der Waals surface area contributed by atoms with Crippen molar-refractivity contribution in [2.75, 3.05) is 7.11 Å². The highest BCUT2D eigenvalue weighted by molar-refractivity contribution is 6.35. The van der Waals surface area contributed by atoms with Gasteiger partial charge in [0.1, 0.15) is 11.5 Å². The molecule has 6 rings (SSSR count). The molecule has 0 fully saturated rings. The molecule has 33 heavy (non-hydrogen) atoms. The first-order chi connectivity index (χ1) is 16.1. The quantitative estimate of drug-likeness (QED) is 0.310. The first-order valence-electron chi connectivity index (χ1n) is 10.8. The molecule has 0 spiro atoms. The molecule has 4 aromatic rings. The molecule has 2 aliphatic rings. The molecule has 2 heterocycles. The Balaban J connectivity index is 1.46. The minimum Gasteiger partial charge on any atom is -0.497 e. The third-order valence-corrected chi connectivity index (χ3v) is 6.79. The van der Waals surface area contributed by atoms with Crippen molar-refractivity contribution >= 4 is 39.7 Å². The van der Waals surface area contributed by atoms with Crippen molar-refractivity contribution in [3.63, 3.8) is 0 Å². The van der Waals surface area contributed by atoms with Crippen molar-refractivity contribution in [1.82, 2.24) is 5.01 Å². The van der Waals surface area contributed by atoms with E-state index in [1.54, 1.807) is 13.2 Å². The lowest BCUT2D eigenvalue weighted by Crippen LogP contribution is -2.33. The number of nitrogens with zero attached hydrogens (tertiary/aromatic N) is 2. The summed E-state index contributed by atoms with van der Waals surface area (Å²) in [5.41, 5.74) is 4.04. The number of hydrazone groups is 1. The van der Waals surface area contributed by atoms with E-state index in [1.807, 2.05) is 35.3 Å². The SMILES string of the molecule is COc1ccc([C@H]2Oc3c(Cl)cc(Cl)cc3[C@H]3CC(c4ccc5ccccc5c4)=NN32)cc1. The molecular formula is C27H20Cl2N2O2. The van der Waals surface area contributed by atoms with Crippen molar-refractivity contribution in [3.8, 4) is 11.5 Å².